The zero-order chi connectivity index (χ0) is 26.8. The number of anilines is 1. The van der Waals surface area contributed by atoms with Crippen molar-refractivity contribution in [1.29, 1.82) is 0 Å². The number of alkyl halides is 5. The van der Waals surface area contributed by atoms with Crippen molar-refractivity contribution in [3.8, 4) is 11.4 Å². The van der Waals surface area contributed by atoms with Crippen LogP contribution < -0.4 is 5.32 Å². The third kappa shape index (κ3) is 4.17. The van der Waals surface area contributed by atoms with Crippen LogP contribution in [-0.4, -0.2) is 79.1 Å². The summed E-state index contributed by atoms with van der Waals surface area (Å²) in [6.07, 6.45) is 2.95. The van der Waals surface area contributed by atoms with Crippen LogP contribution in [0.25, 0.3) is 21.9 Å². The average Bonchev–Trinajstić information content (AvgIpc) is 3.40. The molecule has 1 aliphatic carbocycles. The first-order valence-electron chi connectivity index (χ1n) is 10.6. The Hall–Kier alpha value is -3.72. The molecule has 196 valence electrons. The predicted octanol–water partition coefficient (Wildman–Crippen LogP) is 1.75. The Labute approximate surface area is 205 Å². The van der Waals surface area contributed by atoms with Crippen molar-refractivity contribution in [3.63, 3.8) is 0 Å². The molecule has 5 rings (SSSR count). The first-order chi connectivity index (χ1) is 17.2. The Morgan fingerprint density at radius 3 is 2.59 bits per heavy atom. The molecule has 1 N–H and O–H groups in total. The molecule has 37 heavy (non-hydrogen) atoms. The molecule has 0 radical (unpaired) electrons. The highest BCUT2D eigenvalue weighted by Gasteiger charge is 2.60. The lowest BCUT2D eigenvalue weighted by molar-refractivity contribution is -0.145. The van der Waals surface area contributed by atoms with Gasteiger partial charge in [0.25, 0.3) is 0 Å². The number of carbonyl (C=O) groups excluding carboxylic acids is 1. The van der Waals surface area contributed by atoms with Crippen molar-refractivity contribution in [2.75, 3.05) is 25.0 Å². The molecule has 3 aromatic rings. The molecule has 3 aromatic heterocycles. The van der Waals surface area contributed by atoms with E-state index < -0.39 is 64.7 Å². The summed E-state index contributed by atoms with van der Waals surface area (Å²) in [5.41, 5.74) is -6.23. The number of hydrogen-bond donors (Lipinski definition) is 1. The van der Waals surface area contributed by atoms with E-state index in [9.17, 15) is 35.2 Å². The predicted molar refractivity (Wildman–Crippen MR) is 114 cm³/mol. The second kappa shape index (κ2) is 8.14. The highest BCUT2D eigenvalue weighted by Crippen LogP contribution is 2.43. The lowest BCUT2D eigenvalue weighted by Crippen LogP contribution is -2.67. The number of nitrogens with one attached hydrogen (secondary N) is 1. The molecule has 0 atom stereocenters. The molecule has 0 spiro atoms. The van der Waals surface area contributed by atoms with Gasteiger partial charge in [0.1, 0.15) is 0 Å². The minimum absolute atomic E-state index is 0.140. The van der Waals surface area contributed by atoms with Gasteiger partial charge in [-0.3, -0.25) is 14.8 Å². The molecular formula is C19H16F5N9O3S. The molecular weight excluding hydrogens is 529 g/mol. The molecule has 18 heteroatoms. The highest BCUT2D eigenvalue weighted by atomic mass is 32.2. The summed E-state index contributed by atoms with van der Waals surface area (Å²) in [7, 11) is -5.55. The molecule has 1 saturated heterocycles. The first-order valence-corrected chi connectivity index (χ1v) is 12.0. The standard InChI is InChI=1S/C19H16F5N9O3S/c1-25-8-17(9-31(10-17)37(35,36)19(22,23)24)32-7-12(6-27-32)14-26-3-2-13-28-16(30-33(13)14)29-15(34)11-4-18(20,21)5-11/h2-3,6-7,11H,4-5,8-10H2,(H,29,30,34). The largest absolute Gasteiger partial charge is 0.511 e. The van der Waals surface area contributed by atoms with Gasteiger partial charge in [0.2, 0.25) is 24.3 Å². The van der Waals surface area contributed by atoms with Crippen LogP contribution in [0.2, 0.25) is 0 Å². The summed E-state index contributed by atoms with van der Waals surface area (Å²) < 4.78 is 91.0. The Balaban J connectivity index is 1.39. The quantitative estimate of drug-likeness (QED) is 0.369. The highest BCUT2D eigenvalue weighted by molar-refractivity contribution is 7.90. The topological polar surface area (TPSA) is 132 Å². The number of carbonyl (C=O) groups is 1. The average molecular weight is 545 g/mol. The normalized spacial score (nSPS) is 19.7. The zero-order valence-electron chi connectivity index (χ0n) is 18.5. The Morgan fingerprint density at radius 1 is 1.27 bits per heavy atom. The van der Waals surface area contributed by atoms with E-state index >= 15 is 0 Å². The SMILES string of the molecule is [C-]#[N+]CC1(n2cc(-c3nccc4nc(NC(=O)C5CC(F)(F)C5)nn34)cn2)CN(S(=O)(=O)C(F)(F)F)C1. The lowest BCUT2D eigenvalue weighted by Gasteiger charge is -2.45. The molecule has 1 saturated carbocycles. The molecule has 1 amide bonds. The van der Waals surface area contributed by atoms with Gasteiger partial charge in [-0.25, -0.2) is 28.8 Å². The maximum Gasteiger partial charge on any atom is 0.511 e. The summed E-state index contributed by atoms with van der Waals surface area (Å²) in [6, 6.07) is 1.47. The minimum Gasteiger partial charge on any atom is -0.314 e. The zero-order valence-corrected chi connectivity index (χ0v) is 19.3. The maximum atomic E-state index is 13.1. The third-order valence-corrected chi connectivity index (χ3v) is 7.75. The number of amides is 1. The molecule has 4 heterocycles. The van der Waals surface area contributed by atoms with E-state index in [-0.39, 0.29) is 28.3 Å². The molecule has 2 aliphatic rings. The van der Waals surface area contributed by atoms with Gasteiger partial charge in [0, 0.05) is 50.3 Å². The van der Waals surface area contributed by atoms with Crippen molar-refractivity contribution in [2.45, 2.75) is 29.8 Å². The van der Waals surface area contributed by atoms with Crippen LogP contribution in [0.15, 0.2) is 24.7 Å². The van der Waals surface area contributed by atoms with E-state index in [0.29, 0.717) is 5.56 Å². The number of hydrogen-bond acceptors (Lipinski definition) is 7. The van der Waals surface area contributed by atoms with E-state index in [2.05, 4.69) is 30.3 Å². The second-order valence-corrected chi connectivity index (χ2v) is 10.8. The van der Waals surface area contributed by atoms with Gasteiger partial charge < -0.3 is 4.85 Å². The van der Waals surface area contributed by atoms with Crippen molar-refractivity contribution in [2.24, 2.45) is 5.92 Å². The van der Waals surface area contributed by atoms with Gasteiger partial charge in [-0.2, -0.15) is 32.1 Å². The summed E-state index contributed by atoms with van der Waals surface area (Å²) in [6.45, 7) is 5.65. The Kier molecular flexibility index (Phi) is 5.49. The van der Waals surface area contributed by atoms with Crippen molar-refractivity contribution >= 4 is 27.5 Å². The number of aromatic nitrogens is 6. The molecule has 0 bridgehead atoms. The second-order valence-electron chi connectivity index (χ2n) is 8.86. The molecule has 0 unspecified atom stereocenters. The van der Waals surface area contributed by atoms with Crippen LogP contribution in [0, 0.1) is 12.5 Å². The fraction of sp³-hybridized carbons (Fsp3) is 0.474. The minimum atomic E-state index is -5.55. The van der Waals surface area contributed by atoms with Gasteiger partial charge in [-0.15, -0.1) is 5.10 Å². The monoisotopic (exact) mass is 545 g/mol. The fourth-order valence-electron chi connectivity index (χ4n) is 4.21. The molecule has 0 aromatic carbocycles. The molecule has 2 fully saturated rings. The van der Waals surface area contributed by atoms with E-state index in [0.717, 1.165) is 0 Å². The molecule has 1 aliphatic heterocycles. The van der Waals surface area contributed by atoms with Gasteiger partial charge in [-0.05, 0) is 0 Å². The number of sulfonamides is 1. The van der Waals surface area contributed by atoms with E-state index in [1.165, 1.54) is 33.9 Å². The van der Waals surface area contributed by atoms with Gasteiger partial charge >= 0.3 is 15.5 Å². The summed E-state index contributed by atoms with van der Waals surface area (Å²) in [4.78, 5) is 23.8. The maximum absolute atomic E-state index is 13.1. The Bertz CT molecular complexity index is 1530. The number of rotatable bonds is 6. The van der Waals surface area contributed by atoms with Crippen LogP contribution in [0.1, 0.15) is 12.8 Å². The Morgan fingerprint density at radius 2 is 1.97 bits per heavy atom. The van der Waals surface area contributed by atoms with E-state index in [1.54, 1.807) is 0 Å². The van der Waals surface area contributed by atoms with E-state index in [4.69, 9.17) is 6.57 Å². The summed E-state index contributed by atoms with van der Waals surface area (Å²) >= 11 is 0. The first kappa shape index (κ1) is 25.0. The number of halogens is 5. The van der Waals surface area contributed by atoms with Gasteiger partial charge in [-0.1, -0.05) is 0 Å². The third-order valence-electron chi connectivity index (χ3n) is 6.22. The van der Waals surface area contributed by atoms with E-state index in [1.807, 2.05) is 0 Å². The number of nitrogens with zero attached hydrogens (tertiary/aromatic N) is 8. The van der Waals surface area contributed by atoms with Crippen molar-refractivity contribution in [1.82, 2.24) is 33.7 Å². The lowest BCUT2D eigenvalue weighted by atomic mass is 9.81. The van der Waals surface area contributed by atoms with Gasteiger partial charge in [0.15, 0.2) is 17.0 Å². The van der Waals surface area contributed by atoms with Gasteiger partial charge in [0.05, 0.1) is 11.8 Å². The molecule has 12 nitrogen and oxygen atoms in total. The van der Waals surface area contributed by atoms with Crippen LogP contribution >= 0.6 is 0 Å². The smallest absolute Gasteiger partial charge is 0.314 e. The fourth-order valence-corrected chi connectivity index (χ4v) is 5.33. The van der Waals surface area contributed by atoms with Crippen LogP contribution in [-0.2, 0) is 20.4 Å². The summed E-state index contributed by atoms with van der Waals surface area (Å²) in [5.74, 6) is -4.35. The van der Waals surface area contributed by atoms with Crippen LogP contribution in [0.5, 0.6) is 0 Å². The van der Waals surface area contributed by atoms with Crippen molar-refractivity contribution < 1.29 is 35.2 Å². The van der Waals surface area contributed by atoms with Crippen molar-refractivity contribution in [3.05, 3.63) is 36.1 Å². The summed E-state index contributed by atoms with van der Waals surface area (Å²) in [5, 5.41) is 10.7. The van der Waals surface area contributed by atoms with Crippen LogP contribution in [0.4, 0.5) is 27.9 Å². The number of fused-ring (bicyclic) bond motifs is 1. The van der Waals surface area contributed by atoms with Crippen LogP contribution in [0.3, 0.4) is 0 Å².